The minimum atomic E-state index is 0.382. The number of Topliss-reactive ketones (excluding diaryl/α,β-unsaturated/α-hetero) is 1. The Kier molecular flexibility index (Phi) is 8.47. The van der Waals surface area contributed by atoms with E-state index in [1.807, 2.05) is 12.1 Å². The fourth-order valence-corrected chi connectivity index (χ4v) is 3.43. The highest BCUT2D eigenvalue weighted by molar-refractivity contribution is 9.10. The summed E-state index contributed by atoms with van der Waals surface area (Å²) in [6.07, 6.45) is 5.52. The summed E-state index contributed by atoms with van der Waals surface area (Å²) in [6.45, 7) is 4.40. The molecule has 0 aliphatic carbocycles. The van der Waals surface area contributed by atoms with Crippen molar-refractivity contribution in [1.29, 1.82) is 0 Å². The van der Waals surface area contributed by atoms with Crippen LogP contribution in [0, 0.1) is 5.92 Å². The van der Waals surface area contributed by atoms with Crippen LogP contribution in [0.15, 0.2) is 33.6 Å². The third kappa shape index (κ3) is 7.17. The molecule has 0 radical (unpaired) electrons. The van der Waals surface area contributed by atoms with Gasteiger partial charge < -0.3 is 0 Å². The van der Waals surface area contributed by atoms with E-state index in [9.17, 15) is 4.79 Å². The molecule has 0 aliphatic heterocycles. The molecule has 0 fully saturated rings. The fourth-order valence-electron chi connectivity index (χ4n) is 2.04. The highest BCUT2D eigenvalue weighted by atomic mass is 79.9. The van der Waals surface area contributed by atoms with E-state index < -0.39 is 0 Å². The molecular formula is C16H23BrOS. The van der Waals surface area contributed by atoms with Crippen LogP contribution in [-0.4, -0.2) is 11.5 Å². The van der Waals surface area contributed by atoms with Gasteiger partial charge in [-0.1, -0.05) is 61.5 Å². The van der Waals surface area contributed by atoms with Crippen LogP contribution in [0.3, 0.4) is 0 Å². The SMILES string of the molecule is CCCCC(CC)CC(=O)CSc1cccc(Br)c1. The van der Waals surface area contributed by atoms with Crippen molar-refractivity contribution in [3.63, 3.8) is 0 Å². The lowest BCUT2D eigenvalue weighted by Crippen LogP contribution is -2.10. The van der Waals surface area contributed by atoms with Gasteiger partial charge in [0.25, 0.3) is 0 Å². The van der Waals surface area contributed by atoms with Gasteiger partial charge in [-0.05, 0) is 24.1 Å². The topological polar surface area (TPSA) is 17.1 Å². The summed E-state index contributed by atoms with van der Waals surface area (Å²) in [5.74, 6) is 1.56. The van der Waals surface area contributed by atoms with Crippen LogP contribution in [0.2, 0.25) is 0 Å². The molecule has 0 heterocycles. The first-order chi connectivity index (χ1) is 9.15. The normalized spacial score (nSPS) is 12.4. The number of unbranched alkanes of at least 4 members (excludes halogenated alkanes) is 1. The molecule has 0 amide bonds. The summed E-state index contributed by atoms with van der Waals surface area (Å²) >= 11 is 5.09. The van der Waals surface area contributed by atoms with E-state index in [4.69, 9.17) is 0 Å². The van der Waals surface area contributed by atoms with Gasteiger partial charge in [0.05, 0.1) is 5.75 Å². The van der Waals surface area contributed by atoms with E-state index in [0.717, 1.165) is 22.2 Å². The lowest BCUT2D eigenvalue weighted by Gasteiger charge is -2.13. The van der Waals surface area contributed by atoms with Gasteiger partial charge >= 0.3 is 0 Å². The van der Waals surface area contributed by atoms with Gasteiger partial charge in [0.2, 0.25) is 0 Å². The minimum Gasteiger partial charge on any atom is -0.299 e. The number of thioether (sulfide) groups is 1. The predicted octanol–water partition coefficient (Wildman–Crippen LogP) is 5.72. The van der Waals surface area contributed by atoms with Gasteiger partial charge in [0, 0.05) is 15.8 Å². The van der Waals surface area contributed by atoms with Gasteiger partial charge in [0.1, 0.15) is 5.78 Å². The highest BCUT2D eigenvalue weighted by Gasteiger charge is 2.12. The van der Waals surface area contributed by atoms with Crippen LogP contribution in [0.4, 0.5) is 0 Å². The molecule has 19 heavy (non-hydrogen) atoms. The predicted molar refractivity (Wildman–Crippen MR) is 87.8 cm³/mol. The number of ketones is 1. The molecule has 0 saturated carbocycles. The standard InChI is InChI=1S/C16H23BrOS/c1-3-5-7-13(4-2)10-15(18)12-19-16-9-6-8-14(17)11-16/h6,8-9,11,13H,3-5,7,10,12H2,1-2H3. The van der Waals surface area contributed by atoms with Gasteiger partial charge in [0.15, 0.2) is 0 Å². The van der Waals surface area contributed by atoms with Gasteiger partial charge in [-0.2, -0.15) is 0 Å². The number of hydrogen-bond acceptors (Lipinski definition) is 2. The van der Waals surface area contributed by atoms with Crippen molar-refractivity contribution >= 4 is 33.5 Å². The van der Waals surface area contributed by atoms with Crippen LogP contribution in [0.25, 0.3) is 0 Å². The summed E-state index contributed by atoms with van der Waals surface area (Å²) in [4.78, 5) is 13.2. The van der Waals surface area contributed by atoms with Gasteiger partial charge in [-0.3, -0.25) is 4.79 Å². The van der Waals surface area contributed by atoms with E-state index in [-0.39, 0.29) is 0 Å². The van der Waals surface area contributed by atoms with Crippen LogP contribution >= 0.6 is 27.7 Å². The van der Waals surface area contributed by atoms with Crippen LogP contribution < -0.4 is 0 Å². The van der Waals surface area contributed by atoms with Crippen LogP contribution in [0.1, 0.15) is 46.0 Å². The second-order valence-electron chi connectivity index (χ2n) is 4.91. The Morgan fingerprint density at radius 1 is 1.37 bits per heavy atom. The van der Waals surface area contributed by atoms with E-state index in [1.165, 1.54) is 19.3 Å². The van der Waals surface area contributed by atoms with Crippen molar-refractivity contribution in [2.75, 3.05) is 5.75 Å². The van der Waals surface area contributed by atoms with E-state index >= 15 is 0 Å². The molecule has 1 atom stereocenters. The first kappa shape index (κ1) is 16.8. The molecule has 1 aromatic carbocycles. The summed E-state index contributed by atoms with van der Waals surface area (Å²) in [7, 11) is 0. The lowest BCUT2D eigenvalue weighted by molar-refractivity contribution is -0.117. The van der Waals surface area contributed by atoms with Crippen molar-refractivity contribution in [3.05, 3.63) is 28.7 Å². The molecule has 0 saturated heterocycles. The van der Waals surface area contributed by atoms with Gasteiger partial charge in [-0.25, -0.2) is 0 Å². The largest absolute Gasteiger partial charge is 0.299 e. The Hall–Kier alpha value is -0.280. The Morgan fingerprint density at radius 3 is 2.79 bits per heavy atom. The molecule has 106 valence electrons. The molecule has 0 spiro atoms. The van der Waals surface area contributed by atoms with Crippen molar-refractivity contribution in [3.8, 4) is 0 Å². The number of carbonyl (C=O) groups is 1. The van der Waals surface area contributed by atoms with Crippen LogP contribution in [-0.2, 0) is 4.79 Å². The first-order valence-corrected chi connectivity index (χ1v) is 8.83. The number of benzene rings is 1. The highest BCUT2D eigenvalue weighted by Crippen LogP contribution is 2.24. The van der Waals surface area contributed by atoms with Crippen LogP contribution in [0.5, 0.6) is 0 Å². The molecule has 1 aromatic rings. The van der Waals surface area contributed by atoms with E-state index in [2.05, 4.69) is 41.9 Å². The van der Waals surface area contributed by atoms with Crippen molar-refractivity contribution < 1.29 is 4.79 Å². The Balaban J connectivity index is 2.34. The van der Waals surface area contributed by atoms with Crippen molar-refractivity contribution in [1.82, 2.24) is 0 Å². The molecule has 3 heteroatoms. The fraction of sp³-hybridized carbons (Fsp3) is 0.562. The Labute approximate surface area is 129 Å². The number of carbonyl (C=O) groups excluding carboxylic acids is 1. The molecule has 0 N–H and O–H groups in total. The maximum Gasteiger partial charge on any atom is 0.143 e. The zero-order chi connectivity index (χ0) is 14.1. The van der Waals surface area contributed by atoms with Gasteiger partial charge in [-0.15, -0.1) is 11.8 Å². The summed E-state index contributed by atoms with van der Waals surface area (Å²) in [6, 6.07) is 8.13. The summed E-state index contributed by atoms with van der Waals surface area (Å²) in [5.41, 5.74) is 0. The molecule has 0 aromatic heterocycles. The molecule has 1 rings (SSSR count). The minimum absolute atomic E-state index is 0.382. The second kappa shape index (κ2) is 9.60. The molecule has 1 unspecified atom stereocenters. The average molecular weight is 343 g/mol. The monoisotopic (exact) mass is 342 g/mol. The molecule has 1 nitrogen and oxygen atoms in total. The Bertz CT molecular complexity index is 392. The zero-order valence-electron chi connectivity index (χ0n) is 11.8. The average Bonchev–Trinajstić information content (AvgIpc) is 2.41. The second-order valence-corrected chi connectivity index (χ2v) is 6.87. The number of rotatable bonds is 9. The summed E-state index contributed by atoms with van der Waals surface area (Å²) in [5, 5.41) is 0. The zero-order valence-corrected chi connectivity index (χ0v) is 14.2. The summed E-state index contributed by atoms with van der Waals surface area (Å²) < 4.78 is 1.07. The van der Waals surface area contributed by atoms with E-state index in [1.54, 1.807) is 11.8 Å². The lowest BCUT2D eigenvalue weighted by atomic mass is 9.94. The number of hydrogen-bond donors (Lipinski definition) is 0. The molecule has 0 aliphatic rings. The third-order valence-electron chi connectivity index (χ3n) is 3.26. The smallest absolute Gasteiger partial charge is 0.143 e. The Morgan fingerprint density at radius 2 is 2.16 bits per heavy atom. The van der Waals surface area contributed by atoms with Crippen molar-refractivity contribution in [2.45, 2.75) is 50.8 Å². The quantitative estimate of drug-likeness (QED) is 0.534. The molecule has 0 bridgehead atoms. The third-order valence-corrected chi connectivity index (χ3v) is 4.80. The maximum absolute atomic E-state index is 12.0. The van der Waals surface area contributed by atoms with Crippen molar-refractivity contribution in [2.24, 2.45) is 5.92 Å². The maximum atomic E-state index is 12.0. The van der Waals surface area contributed by atoms with E-state index in [0.29, 0.717) is 17.5 Å². The first-order valence-electron chi connectivity index (χ1n) is 7.05. The molecular weight excluding hydrogens is 320 g/mol. The number of halogens is 1.